The van der Waals surface area contributed by atoms with E-state index in [2.05, 4.69) is 4.98 Å². The van der Waals surface area contributed by atoms with Crippen LogP contribution >= 0.6 is 11.6 Å². The molecule has 26 heavy (non-hydrogen) atoms. The summed E-state index contributed by atoms with van der Waals surface area (Å²) in [4.78, 5) is 4.17. The van der Waals surface area contributed by atoms with Gasteiger partial charge in [-0.15, -0.1) is 0 Å². The number of hydrogen-bond acceptors (Lipinski definition) is 4. The van der Waals surface area contributed by atoms with E-state index >= 15 is 0 Å². The number of sulfonamides is 1. The monoisotopic (exact) mass is 388 g/mol. The quantitative estimate of drug-likeness (QED) is 0.636. The van der Waals surface area contributed by atoms with Crippen LogP contribution in [0.15, 0.2) is 78.0 Å². The minimum Gasteiger partial charge on any atom is -0.495 e. The molecule has 2 aromatic carbocycles. The van der Waals surface area contributed by atoms with E-state index in [1.165, 1.54) is 17.5 Å². The van der Waals surface area contributed by atoms with Gasteiger partial charge < -0.3 is 4.74 Å². The minimum atomic E-state index is -3.87. The molecule has 0 saturated heterocycles. The number of hydrogen-bond donors (Lipinski definition) is 0. The molecule has 0 spiro atoms. The van der Waals surface area contributed by atoms with E-state index in [9.17, 15) is 8.42 Å². The topological polar surface area (TPSA) is 59.5 Å². The Morgan fingerprint density at radius 1 is 1.04 bits per heavy atom. The fourth-order valence-electron chi connectivity index (χ4n) is 2.53. The lowest BCUT2D eigenvalue weighted by atomic mass is 10.2. The summed E-state index contributed by atoms with van der Waals surface area (Å²) in [5.41, 5.74) is 1.27. The van der Waals surface area contributed by atoms with E-state index in [0.29, 0.717) is 10.7 Å². The van der Waals surface area contributed by atoms with Crippen molar-refractivity contribution in [3.63, 3.8) is 0 Å². The second kappa shape index (κ2) is 7.76. The molecular formula is C19H17ClN2O3S. The standard InChI is InChI=1S/C19H17ClN2O3S/c1-25-18-6-2-3-7-19(18)26(23,24)22(14-15-5-4-12-21-13-15)17-10-8-16(20)9-11-17/h2-13H,14H2,1H3. The molecule has 0 atom stereocenters. The molecule has 0 saturated carbocycles. The molecule has 0 radical (unpaired) electrons. The highest BCUT2D eigenvalue weighted by Gasteiger charge is 2.28. The molecule has 0 aliphatic carbocycles. The molecule has 7 heteroatoms. The second-order valence-electron chi connectivity index (χ2n) is 5.50. The van der Waals surface area contributed by atoms with Crippen molar-refractivity contribution in [3.05, 3.63) is 83.6 Å². The van der Waals surface area contributed by atoms with Gasteiger partial charge in [-0.3, -0.25) is 9.29 Å². The van der Waals surface area contributed by atoms with Crippen molar-refractivity contribution in [2.45, 2.75) is 11.4 Å². The van der Waals surface area contributed by atoms with Gasteiger partial charge in [-0.05, 0) is 48.0 Å². The van der Waals surface area contributed by atoms with Crippen molar-refractivity contribution in [1.29, 1.82) is 0 Å². The zero-order chi connectivity index (χ0) is 18.6. The largest absolute Gasteiger partial charge is 0.495 e. The lowest BCUT2D eigenvalue weighted by Crippen LogP contribution is -2.31. The number of anilines is 1. The minimum absolute atomic E-state index is 0.0985. The lowest BCUT2D eigenvalue weighted by molar-refractivity contribution is 0.402. The van der Waals surface area contributed by atoms with Gasteiger partial charge >= 0.3 is 0 Å². The fraction of sp³-hybridized carbons (Fsp3) is 0.105. The van der Waals surface area contributed by atoms with E-state index < -0.39 is 10.0 Å². The van der Waals surface area contributed by atoms with Gasteiger partial charge in [0.25, 0.3) is 10.0 Å². The fourth-order valence-corrected chi connectivity index (χ4v) is 4.27. The Morgan fingerprint density at radius 3 is 2.42 bits per heavy atom. The van der Waals surface area contributed by atoms with Crippen molar-refractivity contribution in [2.24, 2.45) is 0 Å². The molecule has 0 bridgehead atoms. The van der Waals surface area contributed by atoms with Crippen LogP contribution in [-0.4, -0.2) is 20.5 Å². The summed E-state index contributed by atoms with van der Waals surface area (Å²) >= 11 is 5.96. The Labute approximate surface area is 157 Å². The number of halogens is 1. The molecule has 0 unspecified atom stereocenters. The van der Waals surface area contributed by atoms with Crippen molar-refractivity contribution in [1.82, 2.24) is 4.98 Å². The molecule has 0 aliphatic rings. The van der Waals surface area contributed by atoms with E-state index in [1.807, 2.05) is 6.07 Å². The van der Waals surface area contributed by atoms with Crippen LogP contribution in [-0.2, 0) is 16.6 Å². The van der Waals surface area contributed by atoms with Crippen LogP contribution in [0.4, 0.5) is 5.69 Å². The normalized spacial score (nSPS) is 11.2. The highest BCUT2D eigenvalue weighted by Crippen LogP contribution is 2.31. The summed E-state index contributed by atoms with van der Waals surface area (Å²) in [6.07, 6.45) is 3.28. The van der Waals surface area contributed by atoms with Gasteiger partial charge in [-0.25, -0.2) is 8.42 Å². The third kappa shape index (κ3) is 3.81. The Bertz CT molecular complexity index is 977. The SMILES string of the molecule is COc1ccccc1S(=O)(=O)N(Cc1cccnc1)c1ccc(Cl)cc1. The van der Waals surface area contributed by atoms with Crippen LogP contribution in [0.2, 0.25) is 5.02 Å². The average Bonchev–Trinajstić information content (AvgIpc) is 2.67. The number of benzene rings is 2. The van der Waals surface area contributed by atoms with Crippen LogP contribution in [0.1, 0.15) is 5.56 Å². The van der Waals surface area contributed by atoms with Gasteiger partial charge in [0, 0.05) is 17.4 Å². The van der Waals surface area contributed by atoms with Crippen LogP contribution in [0.5, 0.6) is 5.75 Å². The second-order valence-corrected chi connectivity index (χ2v) is 7.77. The van der Waals surface area contributed by atoms with Crippen LogP contribution in [0.3, 0.4) is 0 Å². The maximum absolute atomic E-state index is 13.4. The number of ether oxygens (including phenoxy) is 1. The Balaban J connectivity index is 2.11. The molecule has 3 aromatic rings. The molecule has 0 amide bonds. The zero-order valence-corrected chi connectivity index (χ0v) is 15.6. The van der Waals surface area contributed by atoms with E-state index in [4.69, 9.17) is 16.3 Å². The first-order chi connectivity index (χ1) is 12.5. The first kappa shape index (κ1) is 18.2. The molecule has 0 N–H and O–H groups in total. The molecule has 0 fully saturated rings. The maximum atomic E-state index is 13.4. The third-order valence-corrected chi connectivity index (χ3v) is 5.87. The first-order valence-corrected chi connectivity index (χ1v) is 9.64. The molecule has 1 aromatic heterocycles. The van der Waals surface area contributed by atoms with Gasteiger partial charge in [-0.1, -0.05) is 29.8 Å². The number of rotatable bonds is 6. The number of para-hydroxylation sites is 1. The van der Waals surface area contributed by atoms with Crippen LogP contribution in [0.25, 0.3) is 0 Å². The van der Waals surface area contributed by atoms with Gasteiger partial charge in [0.1, 0.15) is 10.6 Å². The highest BCUT2D eigenvalue weighted by atomic mass is 35.5. The number of nitrogens with zero attached hydrogens (tertiary/aromatic N) is 2. The van der Waals surface area contributed by atoms with E-state index in [1.54, 1.807) is 60.9 Å². The van der Waals surface area contributed by atoms with Crippen LogP contribution < -0.4 is 9.04 Å². The number of methoxy groups -OCH3 is 1. The first-order valence-electron chi connectivity index (χ1n) is 7.82. The Morgan fingerprint density at radius 2 is 1.77 bits per heavy atom. The number of aromatic nitrogens is 1. The molecule has 5 nitrogen and oxygen atoms in total. The number of pyridine rings is 1. The molecule has 1 heterocycles. The summed E-state index contributed by atoms with van der Waals surface area (Å²) in [7, 11) is -2.42. The van der Waals surface area contributed by atoms with Gasteiger partial charge in [0.15, 0.2) is 0 Å². The maximum Gasteiger partial charge on any atom is 0.268 e. The summed E-state index contributed by atoms with van der Waals surface area (Å²) in [6, 6.07) is 16.8. The predicted octanol–water partition coefficient (Wildman–Crippen LogP) is 4.14. The summed E-state index contributed by atoms with van der Waals surface area (Å²) < 4.78 is 33.4. The van der Waals surface area contributed by atoms with Gasteiger partial charge in [0.05, 0.1) is 19.3 Å². The molecule has 3 rings (SSSR count). The summed E-state index contributed by atoms with van der Waals surface area (Å²) in [5, 5.41) is 0.532. The van der Waals surface area contributed by atoms with Gasteiger partial charge in [0.2, 0.25) is 0 Å². The predicted molar refractivity (Wildman–Crippen MR) is 102 cm³/mol. The summed E-state index contributed by atoms with van der Waals surface area (Å²) in [6.45, 7) is 0.135. The van der Waals surface area contributed by atoms with Crippen molar-refractivity contribution in [2.75, 3.05) is 11.4 Å². The van der Waals surface area contributed by atoms with Crippen molar-refractivity contribution >= 4 is 27.3 Å². The molecule has 0 aliphatic heterocycles. The van der Waals surface area contributed by atoms with E-state index in [-0.39, 0.29) is 17.2 Å². The Kier molecular flexibility index (Phi) is 5.44. The average molecular weight is 389 g/mol. The van der Waals surface area contributed by atoms with Gasteiger partial charge in [-0.2, -0.15) is 0 Å². The third-order valence-electron chi connectivity index (χ3n) is 3.80. The molecular weight excluding hydrogens is 372 g/mol. The summed E-state index contributed by atoms with van der Waals surface area (Å²) in [5.74, 6) is 0.289. The van der Waals surface area contributed by atoms with Crippen molar-refractivity contribution < 1.29 is 13.2 Å². The highest BCUT2D eigenvalue weighted by molar-refractivity contribution is 7.92. The van der Waals surface area contributed by atoms with Crippen molar-refractivity contribution in [3.8, 4) is 5.75 Å². The van der Waals surface area contributed by atoms with E-state index in [0.717, 1.165) is 5.56 Å². The molecule has 134 valence electrons. The Hall–Kier alpha value is -2.57. The zero-order valence-electron chi connectivity index (χ0n) is 14.0. The van der Waals surface area contributed by atoms with Crippen LogP contribution in [0, 0.1) is 0 Å². The lowest BCUT2D eigenvalue weighted by Gasteiger charge is -2.25. The smallest absolute Gasteiger partial charge is 0.268 e.